The molecule has 0 fully saturated rings. The highest BCUT2D eigenvalue weighted by Crippen LogP contribution is 2.14. The predicted molar refractivity (Wildman–Crippen MR) is 98.6 cm³/mol. The standard InChI is InChI=1S/C20H19N3O2/c1-13-7-8-16(11-14(13)2)20(25)21-12-19(24)23-18-10-9-15-5-3-4-6-17(15)22-18/h3-11H,12H2,1-2H3,(H,21,25)(H,22,23,24). The van der Waals surface area contributed by atoms with Crippen LogP contribution >= 0.6 is 0 Å². The fourth-order valence-electron chi connectivity index (χ4n) is 2.47. The molecule has 0 radical (unpaired) electrons. The van der Waals surface area contributed by atoms with Crippen molar-refractivity contribution < 1.29 is 9.59 Å². The zero-order valence-corrected chi connectivity index (χ0v) is 14.2. The normalized spacial score (nSPS) is 10.5. The van der Waals surface area contributed by atoms with E-state index in [9.17, 15) is 9.59 Å². The minimum absolute atomic E-state index is 0.111. The summed E-state index contributed by atoms with van der Waals surface area (Å²) in [4.78, 5) is 28.5. The Balaban J connectivity index is 1.59. The molecule has 1 aromatic heterocycles. The number of fused-ring (bicyclic) bond motifs is 1. The van der Waals surface area contributed by atoms with Crippen molar-refractivity contribution >= 4 is 28.5 Å². The first-order valence-electron chi connectivity index (χ1n) is 8.04. The van der Waals surface area contributed by atoms with Crippen LogP contribution in [-0.2, 0) is 4.79 Å². The van der Waals surface area contributed by atoms with Crippen molar-refractivity contribution in [3.63, 3.8) is 0 Å². The summed E-state index contributed by atoms with van der Waals surface area (Å²) in [6.45, 7) is 3.82. The van der Waals surface area contributed by atoms with Crippen LogP contribution in [0.1, 0.15) is 21.5 Å². The maximum Gasteiger partial charge on any atom is 0.251 e. The van der Waals surface area contributed by atoms with Crippen molar-refractivity contribution in [2.75, 3.05) is 11.9 Å². The van der Waals surface area contributed by atoms with Gasteiger partial charge in [-0.25, -0.2) is 4.98 Å². The van der Waals surface area contributed by atoms with Gasteiger partial charge in [0.05, 0.1) is 12.1 Å². The number of carbonyl (C=O) groups excluding carboxylic acids is 2. The van der Waals surface area contributed by atoms with Crippen molar-refractivity contribution in [2.24, 2.45) is 0 Å². The molecule has 25 heavy (non-hydrogen) atoms. The van der Waals surface area contributed by atoms with Crippen molar-refractivity contribution in [1.82, 2.24) is 10.3 Å². The summed E-state index contributed by atoms with van der Waals surface area (Å²) in [6, 6.07) is 16.8. The summed E-state index contributed by atoms with van der Waals surface area (Å²) in [5.41, 5.74) is 3.51. The van der Waals surface area contributed by atoms with Gasteiger partial charge in [0.25, 0.3) is 5.91 Å². The van der Waals surface area contributed by atoms with Crippen molar-refractivity contribution in [3.8, 4) is 0 Å². The van der Waals surface area contributed by atoms with E-state index >= 15 is 0 Å². The van der Waals surface area contributed by atoms with E-state index in [1.165, 1.54) is 0 Å². The molecule has 2 amide bonds. The van der Waals surface area contributed by atoms with Gasteiger partial charge in [0.1, 0.15) is 5.82 Å². The first kappa shape index (κ1) is 16.6. The summed E-state index contributed by atoms with van der Waals surface area (Å²) in [6.07, 6.45) is 0. The van der Waals surface area contributed by atoms with Crippen LogP contribution < -0.4 is 10.6 Å². The third-order valence-corrected chi connectivity index (χ3v) is 4.04. The minimum atomic E-state index is -0.319. The number of pyridine rings is 1. The molecule has 0 spiro atoms. The Morgan fingerprint density at radius 3 is 2.56 bits per heavy atom. The molecule has 0 aliphatic carbocycles. The molecule has 0 aliphatic heterocycles. The van der Waals surface area contributed by atoms with Crippen LogP contribution in [0.2, 0.25) is 0 Å². The van der Waals surface area contributed by atoms with E-state index in [-0.39, 0.29) is 18.4 Å². The van der Waals surface area contributed by atoms with E-state index in [1.807, 2.05) is 56.3 Å². The maximum absolute atomic E-state index is 12.1. The second-order valence-corrected chi connectivity index (χ2v) is 5.92. The number of hydrogen-bond acceptors (Lipinski definition) is 3. The lowest BCUT2D eigenvalue weighted by atomic mass is 10.1. The maximum atomic E-state index is 12.1. The van der Waals surface area contributed by atoms with Crippen molar-refractivity contribution in [1.29, 1.82) is 0 Å². The predicted octanol–water partition coefficient (Wildman–Crippen LogP) is 3.22. The number of nitrogens with zero attached hydrogens (tertiary/aromatic N) is 1. The molecule has 2 N–H and O–H groups in total. The summed E-state index contributed by atoms with van der Waals surface area (Å²) in [7, 11) is 0. The molecule has 5 nitrogen and oxygen atoms in total. The van der Waals surface area contributed by atoms with Crippen LogP contribution in [0.25, 0.3) is 10.9 Å². The van der Waals surface area contributed by atoms with E-state index in [4.69, 9.17) is 0 Å². The lowest BCUT2D eigenvalue weighted by Crippen LogP contribution is -2.33. The van der Waals surface area contributed by atoms with E-state index < -0.39 is 0 Å². The van der Waals surface area contributed by atoms with Gasteiger partial charge in [0.2, 0.25) is 5.91 Å². The van der Waals surface area contributed by atoms with Crippen LogP contribution in [0, 0.1) is 13.8 Å². The molecule has 0 saturated carbocycles. The second kappa shape index (κ2) is 7.13. The number of benzene rings is 2. The topological polar surface area (TPSA) is 71.1 Å². The Bertz CT molecular complexity index is 951. The smallest absolute Gasteiger partial charge is 0.251 e. The number of aryl methyl sites for hydroxylation is 2. The minimum Gasteiger partial charge on any atom is -0.343 e. The van der Waals surface area contributed by atoms with E-state index in [2.05, 4.69) is 15.6 Å². The summed E-state index contributed by atoms with van der Waals surface area (Å²) in [5, 5.41) is 6.32. The van der Waals surface area contributed by atoms with Crippen LogP contribution in [0.15, 0.2) is 54.6 Å². The fourth-order valence-corrected chi connectivity index (χ4v) is 2.47. The van der Waals surface area contributed by atoms with Gasteiger partial charge in [-0.3, -0.25) is 9.59 Å². The van der Waals surface area contributed by atoms with Gasteiger partial charge < -0.3 is 10.6 Å². The highest BCUT2D eigenvalue weighted by Gasteiger charge is 2.09. The summed E-state index contributed by atoms with van der Waals surface area (Å²) >= 11 is 0. The number of amides is 2. The number of carbonyl (C=O) groups is 2. The molecule has 2 aromatic carbocycles. The third-order valence-electron chi connectivity index (χ3n) is 4.04. The van der Waals surface area contributed by atoms with Gasteiger partial charge in [-0.05, 0) is 55.3 Å². The molecule has 3 rings (SSSR count). The Kier molecular flexibility index (Phi) is 4.75. The Morgan fingerprint density at radius 1 is 0.960 bits per heavy atom. The molecule has 0 saturated heterocycles. The summed E-state index contributed by atoms with van der Waals surface area (Å²) < 4.78 is 0. The second-order valence-electron chi connectivity index (χ2n) is 5.92. The monoisotopic (exact) mass is 333 g/mol. The lowest BCUT2D eigenvalue weighted by molar-refractivity contribution is -0.115. The average molecular weight is 333 g/mol. The fraction of sp³-hybridized carbons (Fsp3) is 0.150. The first-order valence-corrected chi connectivity index (χ1v) is 8.04. The Hall–Kier alpha value is -3.21. The Morgan fingerprint density at radius 2 is 1.76 bits per heavy atom. The average Bonchev–Trinajstić information content (AvgIpc) is 2.62. The Labute approximate surface area is 146 Å². The van der Waals surface area contributed by atoms with Gasteiger partial charge in [0, 0.05) is 10.9 Å². The number of rotatable bonds is 4. The third kappa shape index (κ3) is 4.01. The number of para-hydroxylation sites is 1. The van der Waals surface area contributed by atoms with Gasteiger partial charge in [0.15, 0.2) is 0 Å². The van der Waals surface area contributed by atoms with Gasteiger partial charge in [-0.15, -0.1) is 0 Å². The highest BCUT2D eigenvalue weighted by atomic mass is 16.2. The molecule has 3 aromatic rings. The highest BCUT2D eigenvalue weighted by molar-refractivity contribution is 5.99. The zero-order chi connectivity index (χ0) is 17.8. The van der Waals surface area contributed by atoms with Crippen molar-refractivity contribution in [2.45, 2.75) is 13.8 Å². The molecular formula is C20H19N3O2. The van der Waals surface area contributed by atoms with Gasteiger partial charge >= 0.3 is 0 Å². The number of nitrogens with one attached hydrogen (secondary N) is 2. The molecule has 1 heterocycles. The largest absolute Gasteiger partial charge is 0.343 e. The molecule has 0 unspecified atom stereocenters. The SMILES string of the molecule is Cc1ccc(C(=O)NCC(=O)Nc2ccc3ccccc3n2)cc1C. The van der Waals surface area contributed by atoms with Crippen molar-refractivity contribution in [3.05, 3.63) is 71.3 Å². The zero-order valence-electron chi connectivity index (χ0n) is 14.2. The molecule has 5 heteroatoms. The number of anilines is 1. The number of aromatic nitrogens is 1. The lowest BCUT2D eigenvalue weighted by Gasteiger charge is -2.08. The van der Waals surface area contributed by atoms with Crippen LogP contribution in [0.5, 0.6) is 0 Å². The first-order chi connectivity index (χ1) is 12.0. The molecule has 0 atom stereocenters. The summed E-state index contributed by atoms with van der Waals surface area (Å²) in [5.74, 6) is -0.131. The van der Waals surface area contributed by atoms with Crippen LogP contribution in [0.4, 0.5) is 5.82 Å². The quantitative estimate of drug-likeness (QED) is 0.770. The molecule has 0 aliphatic rings. The molecular weight excluding hydrogens is 314 g/mol. The van der Waals surface area contributed by atoms with Gasteiger partial charge in [-0.2, -0.15) is 0 Å². The van der Waals surface area contributed by atoms with E-state index in [1.54, 1.807) is 12.1 Å². The van der Waals surface area contributed by atoms with Crippen LogP contribution in [0.3, 0.4) is 0 Å². The molecule has 0 bridgehead atoms. The number of hydrogen-bond donors (Lipinski definition) is 2. The van der Waals surface area contributed by atoms with E-state index in [0.29, 0.717) is 11.4 Å². The van der Waals surface area contributed by atoms with Gasteiger partial charge in [-0.1, -0.05) is 24.3 Å². The van der Waals surface area contributed by atoms with Crippen LogP contribution in [-0.4, -0.2) is 23.3 Å². The van der Waals surface area contributed by atoms with E-state index in [0.717, 1.165) is 22.0 Å². The molecule has 126 valence electrons.